The maximum atomic E-state index is 12.5. The standard InChI is InChI=1S/C17H17NO6/c1-22-13-8-10(9-14(23-2)15(13)24-3)16(19)18-12-7-5-4-6-11(12)17(20)21/h4-9H,1-3H3,(H,18,19)(H,20,21). The Hall–Kier alpha value is -3.22. The highest BCUT2D eigenvalue weighted by Crippen LogP contribution is 2.38. The lowest BCUT2D eigenvalue weighted by atomic mass is 10.1. The van der Waals surface area contributed by atoms with Gasteiger partial charge in [0.25, 0.3) is 5.91 Å². The fraction of sp³-hybridized carbons (Fsp3) is 0.176. The van der Waals surface area contributed by atoms with Gasteiger partial charge in [-0.2, -0.15) is 0 Å². The predicted octanol–water partition coefficient (Wildman–Crippen LogP) is 2.66. The first-order chi connectivity index (χ1) is 11.5. The number of carbonyl (C=O) groups excluding carboxylic acids is 1. The van der Waals surface area contributed by atoms with Crippen LogP contribution in [0.25, 0.3) is 0 Å². The molecule has 0 saturated heterocycles. The summed E-state index contributed by atoms with van der Waals surface area (Å²) in [6, 6.07) is 9.11. The molecule has 126 valence electrons. The van der Waals surface area contributed by atoms with Crippen LogP contribution in [0.3, 0.4) is 0 Å². The van der Waals surface area contributed by atoms with Gasteiger partial charge in [-0.05, 0) is 24.3 Å². The van der Waals surface area contributed by atoms with E-state index in [4.69, 9.17) is 14.2 Å². The first kappa shape index (κ1) is 17.1. The summed E-state index contributed by atoms with van der Waals surface area (Å²) >= 11 is 0. The van der Waals surface area contributed by atoms with Crippen LogP contribution in [0.15, 0.2) is 36.4 Å². The number of benzene rings is 2. The molecule has 1 amide bonds. The molecule has 0 aliphatic heterocycles. The van der Waals surface area contributed by atoms with Crippen molar-refractivity contribution in [2.45, 2.75) is 0 Å². The van der Waals surface area contributed by atoms with E-state index < -0.39 is 11.9 Å². The molecule has 2 aromatic carbocycles. The first-order valence-electron chi connectivity index (χ1n) is 6.95. The average molecular weight is 331 g/mol. The number of anilines is 1. The smallest absolute Gasteiger partial charge is 0.337 e. The molecule has 2 N–H and O–H groups in total. The largest absolute Gasteiger partial charge is 0.493 e. The van der Waals surface area contributed by atoms with Crippen molar-refractivity contribution in [3.05, 3.63) is 47.5 Å². The van der Waals surface area contributed by atoms with Crippen LogP contribution in [0, 0.1) is 0 Å². The quantitative estimate of drug-likeness (QED) is 0.845. The van der Waals surface area contributed by atoms with Gasteiger partial charge in [0.2, 0.25) is 5.75 Å². The number of methoxy groups -OCH3 is 3. The van der Waals surface area contributed by atoms with E-state index in [0.29, 0.717) is 17.2 Å². The lowest BCUT2D eigenvalue weighted by Gasteiger charge is -2.14. The summed E-state index contributed by atoms with van der Waals surface area (Å²) in [6.07, 6.45) is 0. The summed E-state index contributed by atoms with van der Waals surface area (Å²) in [5, 5.41) is 11.8. The molecular formula is C17H17NO6. The number of nitrogens with one attached hydrogen (secondary N) is 1. The van der Waals surface area contributed by atoms with E-state index in [0.717, 1.165) is 0 Å². The van der Waals surface area contributed by atoms with Gasteiger partial charge in [0.15, 0.2) is 11.5 Å². The second-order valence-electron chi connectivity index (χ2n) is 4.72. The van der Waals surface area contributed by atoms with Gasteiger partial charge in [-0.3, -0.25) is 4.79 Å². The normalized spacial score (nSPS) is 9.96. The Bertz CT molecular complexity index is 746. The molecule has 0 spiro atoms. The van der Waals surface area contributed by atoms with Crippen molar-refractivity contribution in [3.63, 3.8) is 0 Å². The molecule has 7 nitrogen and oxygen atoms in total. The van der Waals surface area contributed by atoms with Crippen LogP contribution in [0.1, 0.15) is 20.7 Å². The molecule has 2 rings (SSSR count). The molecule has 0 atom stereocenters. The molecule has 2 aromatic rings. The molecule has 0 fully saturated rings. The topological polar surface area (TPSA) is 94.1 Å². The number of carbonyl (C=O) groups is 2. The second kappa shape index (κ2) is 7.36. The Morgan fingerprint density at radius 1 is 0.958 bits per heavy atom. The number of hydrogen-bond acceptors (Lipinski definition) is 5. The van der Waals surface area contributed by atoms with E-state index >= 15 is 0 Å². The zero-order valence-electron chi connectivity index (χ0n) is 13.5. The third kappa shape index (κ3) is 3.40. The number of amides is 1. The van der Waals surface area contributed by atoms with Crippen molar-refractivity contribution in [3.8, 4) is 17.2 Å². The third-order valence-corrected chi connectivity index (χ3v) is 3.33. The summed E-state index contributed by atoms with van der Waals surface area (Å²) in [6.45, 7) is 0. The number of hydrogen-bond donors (Lipinski definition) is 2. The highest BCUT2D eigenvalue weighted by Gasteiger charge is 2.18. The number of rotatable bonds is 6. The number of para-hydroxylation sites is 1. The SMILES string of the molecule is COc1cc(C(=O)Nc2ccccc2C(=O)O)cc(OC)c1OC. The fourth-order valence-electron chi connectivity index (χ4n) is 2.19. The average Bonchev–Trinajstić information content (AvgIpc) is 2.60. The van der Waals surface area contributed by atoms with Gasteiger partial charge in [0, 0.05) is 5.56 Å². The summed E-state index contributed by atoms with van der Waals surface area (Å²) in [5.41, 5.74) is 0.437. The minimum atomic E-state index is -1.13. The van der Waals surface area contributed by atoms with Crippen LogP contribution in [0.5, 0.6) is 17.2 Å². The van der Waals surface area contributed by atoms with Gasteiger partial charge in [0.05, 0.1) is 32.6 Å². The Labute approximate surface area is 138 Å². The monoisotopic (exact) mass is 331 g/mol. The number of aromatic carboxylic acids is 1. The summed E-state index contributed by atoms with van der Waals surface area (Å²) in [5.74, 6) is -0.608. The molecule has 0 unspecified atom stereocenters. The molecular weight excluding hydrogens is 314 g/mol. The van der Waals surface area contributed by atoms with Gasteiger partial charge in [-0.1, -0.05) is 12.1 Å². The number of carboxylic acid groups (broad SMARTS) is 1. The Morgan fingerprint density at radius 2 is 1.54 bits per heavy atom. The van der Waals surface area contributed by atoms with Crippen molar-refractivity contribution in [2.24, 2.45) is 0 Å². The molecule has 0 bridgehead atoms. The van der Waals surface area contributed by atoms with Crippen LogP contribution in [0.2, 0.25) is 0 Å². The van der Waals surface area contributed by atoms with Crippen molar-refractivity contribution in [1.82, 2.24) is 0 Å². The summed E-state index contributed by atoms with van der Waals surface area (Å²) in [7, 11) is 4.35. The first-order valence-corrected chi connectivity index (χ1v) is 6.95. The molecule has 24 heavy (non-hydrogen) atoms. The predicted molar refractivity (Wildman–Crippen MR) is 87.5 cm³/mol. The van der Waals surface area contributed by atoms with E-state index in [-0.39, 0.29) is 16.8 Å². The van der Waals surface area contributed by atoms with Crippen molar-refractivity contribution < 1.29 is 28.9 Å². The zero-order valence-corrected chi connectivity index (χ0v) is 13.5. The van der Waals surface area contributed by atoms with E-state index in [1.165, 1.54) is 45.6 Å². The van der Waals surface area contributed by atoms with Gasteiger partial charge in [0.1, 0.15) is 0 Å². The lowest BCUT2D eigenvalue weighted by molar-refractivity contribution is 0.0698. The number of carboxylic acids is 1. The highest BCUT2D eigenvalue weighted by atomic mass is 16.5. The van der Waals surface area contributed by atoms with E-state index in [1.807, 2.05) is 0 Å². The second-order valence-corrected chi connectivity index (χ2v) is 4.72. The van der Waals surface area contributed by atoms with E-state index in [9.17, 15) is 14.7 Å². The Balaban J connectivity index is 2.39. The molecule has 0 saturated carbocycles. The summed E-state index contributed by atoms with van der Waals surface area (Å²) < 4.78 is 15.6. The lowest BCUT2D eigenvalue weighted by Crippen LogP contribution is -2.15. The maximum Gasteiger partial charge on any atom is 0.337 e. The van der Waals surface area contributed by atoms with Crippen LogP contribution >= 0.6 is 0 Å². The van der Waals surface area contributed by atoms with Crippen LogP contribution in [-0.4, -0.2) is 38.3 Å². The Morgan fingerprint density at radius 3 is 2.04 bits per heavy atom. The maximum absolute atomic E-state index is 12.5. The van der Waals surface area contributed by atoms with Gasteiger partial charge >= 0.3 is 5.97 Å². The molecule has 0 aliphatic rings. The molecule has 0 radical (unpaired) electrons. The molecule has 0 aromatic heterocycles. The van der Waals surface area contributed by atoms with Gasteiger partial charge < -0.3 is 24.6 Å². The van der Waals surface area contributed by atoms with Crippen molar-refractivity contribution in [1.29, 1.82) is 0 Å². The fourth-order valence-corrected chi connectivity index (χ4v) is 2.19. The molecule has 0 heterocycles. The van der Waals surface area contributed by atoms with E-state index in [1.54, 1.807) is 12.1 Å². The van der Waals surface area contributed by atoms with Crippen LogP contribution < -0.4 is 19.5 Å². The minimum absolute atomic E-state index is 0.00158. The van der Waals surface area contributed by atoms with Crippen LogP contribution in [0.4, 0.5) is 5.69 Å². The zero-order chi connectivity index (χ0) is 17.7. The van der Waals surface area contributed by atoms with E-state index in [2.05, 4.69) is 5.32 Å². The summed E-state index contributed by atoms with van der Waals surface area (Å²) in [4.78, 5) is 23.7. The Kier molecular flexibility index (Phi) is 5.26. The van der Waals surface area contributed by atoms with Gasteiger partial charge in [-0.25, -0.2) is 4.79 Å². The minimum Gasteiger partial charge on any atom is -0.493 e. The molecule has 0 aliphatic carbocycles. The van der Waals surface area contributed by atoms with Crippen molar-refractivity contribution in [2.75, 3.05) is 26.6 Å². The third-order valence-electron chi connectivity index (χ3n) is 3.33. The van der Waals surface area contributed by atoms with Gasteiger partial charge in [-0.15, -0.1) is 0 Å². The molecule has 7 heteroatoms. The van der Waals surface area contributed by atoms with Crippen molar-refractivity contribution >= 4 is 17.6 Å². The highest BCUT2D eigenvalue weighted by molar-refractivity contribution is 6.08. The number of ether oxygens (including phenoxy) is 3. The van der Waals surface area contributed by atoms with Crippen LogP contribution in [-0.2, 0) is 0 Å².